The van der Waals surface area contributed by atoms with Crippen molar-refractivity contribution in [3.63, 3.8) is 0 Å². The molecule has 1 heterocycles. The molecule has 21 heavy (non-hydrogen) atoms. The predicted octanol–water partition coefficient (Wildman–Crippen LogP) is 3.09. The van der Waals surface area contributed by atoms with Crippen molar-refractivity contribution >= 4 is 23.5 Å². The first-order chi connectivity index (χ1) is 10.2. The van der Waals surface area contributed by atoms with Crippen LogP contribution in [0.3, 0.4) is 0 Å². The highest BCUT2D eigenvalue weighted by Gasteiger charge is 2.38. The molecule has 1 amide bonds. The molecular formula is C16H20ClNO3. The van der Waals surface area contributed by atoms with Crippen molar-refractivity contribution < 1.29 is 14.3 Å². The van der Waals surface area contributed by atoms with Crippen molar-refractivity contribution in [1.29, 1.82) is 0 Å². The molecule has 2 rings (SSSR count). The van der Waals surface area contributed by atoms with Crippen LogP contribution < -0.4 is 0 Å². The highest BCUT2D eigenvalue weighted by Crippen LogP contribution is 2.27. The van der Waals surface area contributed by atoms with Crippen LogP contribution in [0, 0.1) is 11.8 Å². The molecule has 0 bridgehead atoms. The first kappa shape index (κ1) is 15.8. The summed E-state index contributed by atoms with van der Waals surface area (Å²) in [5, 5.41) is 0. The zero-order valence-electron chi connectivity index (χ0n) is 12.1. The van der Waals surface area contributed by atoms with Crippen molar-refractivity contribution in [1.82, 2.24) is 4.90 Å². The lowest BCUT2D eigenvalue weighted by molar-refractivity contribution is -0.121. The third kappa shape index (κ3) is 3.97. The smallest absolute Gasteiger partial charge is 0.410 e. The number of likely N-dealkylation sites (tertiary alicyclic amines) is 1. The summed E-state index contributed by atoms with van der Waals surface area (Å²) in [4.78, 5) is 25.5. The highest BCUT2D eigenvalue weighted by atomic mass is 35.5. The third-order valence-electron chi connectivity index (χ3n) is 3.97. The fourth-order valence-corrected chi connectivity index (χ4v) is 2.91. The van der Waals surface area contributed by atoms with Gasteiger partial charge in [-0.15, -0.1) is 11.6 Å². The van der Waals surface area contributed by atoms with Crippen LogP contribution >= 0.6 is 11.6 Å². The normalized spacial score (nSPS) is 21.3. The number of carbonyl (C=O) groups excluding carboxylic acids is 2. The molecule has 114 valence electrons. The molecule has 1 saturated heterocycles. The van der Waals surface area contributed by atoms with Crippen molar-refractivity contribution in [3.05, 3.63) is 35.9 Å². The van der Waals surface area contributed by atoms with Gasteiger partial charge >= 0.3 is 6.09 Å². The predicted molar refractivity (Wildman–Crippen MR) is 81.2 cm³/mol. The van der Waals surface area contributed by atoms with E-state index in [-0.39, 0.29) is 36.2 Å². The van der Waals surface area contributed by atoms with Gasteiger partial charge in [0, 0.05) is 19.0 Å². The maximum Gasteiger partial charge on any atom is 0.410 e. The monoisotopic (exact) mass is 309 g/mol. The molecular weight excluding hydrogens is 290 g/mol. The van der Waals surface area contributed by atoms with Crippen LogP contribution in [-0.4, -0.2) is 35.7 Å². The second-order valence-corrected chi connectivity index (χ2v) is 5.59. The van der Waals surface area contributed by atoms with Gasteiger partial charge in [0.05, 0.1) is 5.88 Å². The Kier molecular flexibility index (Phi) is 5.62. The molecule has 1 aromatic carbocycles. The molecule has 1 aromatic rings. The van der Waals surface area contributed by atoms with E-state index < -0.39 is 0 Å². The molecule has 5 heteroatoms. The second-order valence-electron chi connectivity index (χ2n) is 5.32. The van der Waals surface area contributed by atoms with E-state index in [4.69, 9.17) is 16.3 Å². The Morgan fingerprint density at radius 3 is 2.62 bits per heavy atom. The molecule has 0 N–H and O–H groups in total. The van der Waals surface area contributed by atoms with Gasteiger partial charge in [-0.1, -0.05) is 43.7 Å². The maximum absolute atomic E-state index is 12.1. The average Bonchev–Trinajstić information content (AvgIpc) is 2.97. The molecule has 1 fully saturated rings. The van der Waals surface area contributed by atoms with Gasteiger partial charge in [-0.25, -0.2) is 4.79 Å². The number of ether oxygens (including phenoxy) is 1. The van der Waals surface area contributed by atoms with Gasteiger partial charge in [0.1, 0.15) is 6.61 Å². The lowest BCUT2D eigenvalue weighted by atomic mass is 9.91. The van der Waals surface area contributed by atoms with E-state index in [1.807, 2.05) is 37.3 Å². The van der Waals surface area contributed by atoms with Gasteiger partial charge in [0.15, 0.2) is 5.78 Å². The van der Waals surface area contributed by atoms with Crippen LogP contribution in [0.2, 0.25) is 0 Å². The van der Waals surface area contributed by atoms with Crippen LogP contribution in [0.25, 0.3) is 0 Å². The van der Waals surface area contributed by atoms with E-state index in [0.717, 1.165) is 12.0 Å². The first-order valence-corrected chi connectivity index (χ1v) is 7.73. The van der Waals surface area contributed by atoms with Crippen LogP contribution in [0.1, 0.15) is 18.9 Å². The summed E-state index contributed by atoms with van der Waals surface area (Å²) in [7, 11) is 0. The zero-order valence-corrected chi connectivity index (χ0v) is 12.9. The summed E-state index contributed by atoms with van der Waals surface area (Å²) >= 11 is 5.64. The van der Waals surface area contributed by atoms with Crippen molar-refractivity contribution in [2.75, 3.05) is 19.0 Å². The minimum Gasteiger partial charge on any atom is -0.445 e. The van der Waals surface area contributed by atoms with E-state index >= 15 is 0 Å². The number of benzene rings is 1. The fraction of sp³-hybridized carbons (Fsp3) is 0.500. The van der Waals surface area contributed by atoms with Gasteiger partial charge in [-0.3, -0.25) is 4.79 Å². The minimum absolute atomic E-state index is 0.00801. The maximum atomic E-state index is 12.1. The van der Waals surface area contributed by atoms with Crippen molar-refractivity contribution in [3.8, 4) is 0 Å². The lowest BCUT2D eigenvalue weighted by Gasteiger charge is -2.16. The number of rotatable bonds is 5. The number of halogens is 1. The van der Waals surface area contributed by atoms with Gasteiger partial charge < -0.3 is 9.64 Å². The fourth-order valence-electron chi connectivity index (χ4n) is 2.71. The van der Waals surface area contributed by atoms with Crippen LogP contribution in [0.5, 0.6) is 0 Å². The number of nitrogens with zero attached hydrogens (tertiary/aromatic N) is 1. The van der Waals surface area contributed by atoms with Crippen molar-refractivity contribution in [2.45, 2.75) is 20.0 Å². The molecule has 2 atom stereocenters. The van der Waals surface area contributed by atoms with Gasteiger partial charge in [0.25, 0.3) is 0 Å². The van der Waals surface area contributed by atoms with Gasteiger partial charge in [-0.2, -0.15) is 0 Å². The molecule has 1 aliphatic heterocycles. The molecule has 0 aromatic heterocycles. The first-order valence-electron chi connectivity index (χ1n) is 7.20. The Morgan fingerprint density at radius 1 is 1.29 bits per heavy atom. The lowest BCUT2D eigenvalue weighted by Crippen LogP contribution is -2.30. The summed E-state index contributed by atoms with van der Waals surface area (Å²) in [5.41, 5.74) is 0.950. The van der Waals surface area contributed by atoms with Gasteiger partial charge in [0.2, 0.25) is 0 Å². The van der Waals surface area contributed by atoms with Gasteiger partial charge in [-0.05, 0) is 11.5 Å². The summed E-state index contributed by atoms with van der Waals surface area (Å²) in [6, 6.07) is 9.54. The van der Waals surface area contributed by atoms with E-state index in [9.17, 15) is 9.59 Å². The Labute approximate surface area is 130 Å². The molecule has 0 unspecified atom stereocenters. The molecule has 0 aliphatic carbocycles. The number of ketones is 1. The highest BCUT2D eigenvalue weighted by molar-refractivity contribution is 6.28. The Morgan fingerprint density at radius 2 is 2.00 bits per heavy atom. The van der Waals surface area contributed by atoms with Crippen LogP contribution in [0.4, 0.5) is 4.79 Å². The molecule has 4 nitrogen and oxygen atoms in total. The molecule has 1 aliphatic rings. The largest absolute Gasteiger partial charge is 0.445 e. The quantitative estimate of drug-likeness (QED) is 0.785. The number of alkyl halides is 1. The minimum atomic E-state index is -0.359. The van der Waals surface area contributed by atoms with E-state index in [2.05, 4.69) is 0 Å². The number of Topliss-reactive ketones (excluding diaryl/α,β-unsaturated/α-hetero) is 1. The molecule has 0 saturated carbocycles. The zero-order chi connectivity index (χ0) is 15.2. The number of hydrogen-bond acceptors (Lipinski definition) is 3. The number of hydrogen-bond donors (Lipinski definition) is 0. The summed E-state index contributed by atoms with van der Waals surface area (Å²) in [6.07, 6.45) is 0.498. The number of amides is 1. The third-order valence-corrected chi connectivity index (χ3v) is 4.24. The number of carbonyl (C=O) groups is 2. The second kappa shape index (κ2) is 7.46. The van der Waals surface area contributed by atoms with Crippen molar-refractivity contribution in [2.24, 2.45) is 11.8 Å². The van der Waals surface area contributed by atoms with E-state index in [1.54, 1.807) is 4.90 Å². The summed E-state index contributed by atoms with van der Waals surface area (Å²) in [6.45, 7) is 3.26. The summed E-state index contributed by atoms with van der Waals surface area (Å²) in [5.74, 6) is 0.0489. The standard InChI is InChI=1S/C16H20ClNO3/c1-2-13-9-18(10-14(13)15(19)8-17)16(20)21-11-12-6-4-3-5-7-12/h3-7,13-14H,2,8-11H2,1H3/t13-,14+/m0/s1. The Hall–Kier alpha value is -1.55. The molecule has 0 radical (unpaired) electrons. The average molecular weight is 310 g/mol. The topological polar surface area (TPSA) is 46.6 Å². The Bertz CT molecular complexity index is 492. The van der Waals surface area contributed by atoms with Crippen LogP contribution in [-0.2, 0) is 16.1 Å². The summed E-state index contributed by atoms with van der Waals surface area (Å²) < 4.78 is 5.31. The van der Waals surface area contributed by atoms with E-state index in [0.29, 0.717) is 13.1 Å². The van der Waals surface area contributed by atoms with Crippen LogP contribution in [0.15, 0.2) is 30.3 Å². The molecule has 0 spiro atoms. The van der Waals surface area contributed by atoms with E-state index in [1.165, 1.54) is 0 Å². The SMILES string of the molecule is CC[C@H]1CN(C(=O)OCc2ccccc2)C[C@H]1C(=O)CCl. The Balaban J connectivity index is 1.90.